The molecule has 1 saturated heterocycles. The van der Waals surface area contributed by atoms with Gasteiger partial charge in [-0.2, -0.15) is 0 Å². The van der Waals surface area contributed by atoms with Gasteiger partial charge in [0.1, 0.15) is 11.4 Å². The number of carbonyl (C=O) groups is 2. The molecule has 0 bridgehead atoms. The van der Waals surface area contributed by atoms with E-state index in [0.717, 1.165) is 5.56 Å². The number of hydrogen-bond acceptors (Lipinski definition) is 8. The van der Waals surface area contributed by atoms with Crippen LogP contribution in [0.1, 0.15) is 18.1 Å². The van der Waals surface area contributed by atoms with E-state index in [0.29, 0.717) is 55.5 Å². The lowest BCUT2D eigenvalue weighted by molar-refractivity contribution is -0.129. The van der Waals surface area contributed by atoms with Crippen molar-refractivity contribution in [2.24, 2.45) is 0 Å². The monoisotopic (exact) mass is 455 g/mol. The highest BCUT2D eigenvalue weighted by Crippen LogP contribution is 2.23. The van der Waals surface area contributed by atoms with Gasteiger partial charge in [0.2, 0.25) is 5.91 Å². The lowest BCUT2D eigenvalue weighted by atomic mass is 10.1. The molecule has 3 aromatic rings. The van der Waals surface area contributed by atoms with E-state index < -0.39 is 0 Å². The highest BCUT2D eigenvalue weighted by molar-refractivity contribution is 8.00. The van der Waals surface area contributed by atoms with Crippen molar-refractivity contribution >= 4 is 34.9 Å². The summed E-state index contributed by atoms with van der Waals surface area (Å²) in [6.07, 6.45) is 1.15. The van der Waals surface area contributed by atoms with E-state index >= 15 is 0 Å². The van der Waals surface area contributed by atoms with Crippen LogP contribution in [0, 0.1) is 6.92 Å². The smallest absolute Gasteiger partial charge is 0.409 e. The Balaban J connectivity index is 1.36. The van der Waals surface area contributed by atoms with E-state index in [1.165, 1.54) is 23.7 Å². The Morgan fingerprint density at radius 1 is 1.06 bits per heavy atom. The van der Waals surface area contributed by atoms with Crippen molar-refractivity contribution in [1.29, 1.82) is 0 Å². The second-order valence-electron chi connectivity index (χ2n) is 7.44. The number of aryl methyl sites for hydroxylation is 1. The molecule has 0 N–H and O–H groups in total. The van der Waals surface area contributed by atoms with Crippen molar-refractivity contribution in [2.45, 2.75) is 25.4 Å². The lowest BCUT2D eigenvalue weighted by Gasteiger charge is -2.34. The maximum atomic E-state index is 12.7. The van der Waals surface area contributed by atoms with Crippen LogP contribution in [0.4, 0.5) is 4.79 Å². The van der Waals surface area contributed by atoms with Gasteiger partial charge in [0.05, 0.1) is 18.9 Å². The minimum atomic E-state index is -0.328. The highest BCUT2D eigenvalue weighted by atomic mass is 32.2. The van der Waals surface area contributed by atoms with Crippen LogP contribution >= 0.6 is 11.8 Å². The minimum absolute atomic E-state index is 0.00248. The fourth-order valence-electron chi connectivity index (χ4n) is 3.42. The molecule has 0 unspecified atom stereocenters. The van der Waals surface area contributed by atoms with Crippen LogP contribution in [-0.2, 0) is 16.1 Å². The van der Waals surface area contributed by atoms with E-state index in [1.54, 1.807) is 21.4 Å². The van der Waals surface area contributed by atoms with Gasteiger partial charge >= 0.3 is 6.09 Å². The largest absolute Gasteiger partial charge is 0.450 e. The number of thioether (sulfide) groups is 1. The number of ether oxygens (including phenoxy) is 1. The summed E-state index contributed by atoms with van der Waals surface area (Å²) in [6, 6.07) is 8.23. The topological polar surface area (TPSA) is 106 Å². The molecular formula is C21H25N7O3S. The summed E-state index contributed by atoms with van der Waals surface area (Å²) in [5, 5.41) is 9.12. The molecule has 4 rings (SSSR count). The summed E-state index contributed by atoms with van der Waals surface area (Å²) in [5.41, 5.74) is 3.53. The number of nitrogens with zero attached hydrogens (tertiary/aromatic N) is 7. The van der Waals surface area contributed by atoms with Crippen molar-refractivity contribution in [3.05, 3.63) is 41.7 Å². The average molecular weight is 456 g/mol. The summed E-state index contributed by atoms with van der Waals surface area (Å²) >= 11 is 1.33. The number of aromatic nitrogens is 5. The fourth-order valence-corrected chi connectivity index (χ4v) is 4.26. The molecule has 0 radical (unpaired) electrons. The molecule has 0 spiro atoms. The number of benzene rings is 1. The molecule has 0 aliphatic carbocycles. The normalized spacial score (nSPS) is 14.1. The Labute approximate surface area is 189 Å². The summed E-state index contributed by atoms with van der Waals surface area (Å²) < 4.78 is 6.76. The summed E-state index contributed by atoms with van der Waals surface area (Å²) in [6.45, 7) is 6.65. The summed E-state index contributed by atoms with van der Waals surface area (Å²) in [7, 11) is 0. The zero-order chi connectivity index (χ0) is 22.5. The molecule has 32 heavy (non-hydrogen) atoms. The molecule has 1 aromatic carbocycles. The van der Waals surface area contributed by atoms with Gasteiger partial charge in [-0.05, 0) is 19.4 Å². The third kappa shape index (κ3) is 4.98. The van der Waals surface area contributed by atoms with Crippen LogP contribution in [0.15, 0.2) is 35.6 Å². The molecule has 168 valence electrons. The molecule has 3 heterocycles. The number of carbonyl (C=O) groups excluding carboxylic acids is 2. The SMILES string of the molecule is CCOC(=O)N1CCN(C(=O)CSc2ncnc3c2nnn3Cc2ccc(C)cc2)CC1. The molecular weight excluding hydrogens is 430 g/mol. The molecule has 0 atom stereocenters. The number of hydrogen-bond donors (Lipinski definition) is 0. The zero-order valence-electron chi connectivity index (χ0n) is 18.1. The van der Waals surface area contributed by atoms with Gasteiger partial charge in [-0.3, -0.25) is 4.79 Å². The van der Waals surface area contributed by atoms with Gasteiger partial charge in [0.15, 0.2) is 11.2 Å². The molecule has 2 amide bonds. The first-order valence-corrected chi connectivity index (χ1v) is 11.5. The van der Waals surface area contributed by atoms with E-state index in [-0.39, 0.29) is 17.8 Å². The van der Waals surface area contributed by atoms with Crippen LogP contribution < -0.4 is 0 Å². The van der Waals surface area contributed by atoms with Gasteiger partial charge < -0.3 is 14.5 Å². The first-order valence-electron chi connectivity index (χ1n) is 10.5. The molecule has 2 aromatic heterocycles. The fraction of sp³-hybridized carbons (Fsp3) is 0.429. The Bertz CT molecular complexity index is 1090. The molecule has 0 saturated carbocycles. The van der Waals surface area contributed by atoms with Gasteiger partial charge in [0, 0.05) is 26.2 Å². The van der Waals surface area contributed by atoms with Crippen LogP contribution in [0.5, 0.6) is 0 Å². The van der Waals surface area contributed by atoms with Crippen LogP contribution in [-0.4, -0.2) is 85.3 Å². The van der Waals surface area contributed by atoms with Crippen LogP contribution in [0.3, 0.4) is 0 Å². The van der Waals surface area contributed by atoms with Crippen molar-refractivity contribution in [3.63, 3.8) is 0 Å². The van der Waals surface area contributed by atoms with Crippen molar-refractivity contribution in [1.82, 2.24) is 34.8 Å². The summed E-state index contributed by atoms with van der Waals surface area (Å²) in [5.74, 6) is 0.230. The molecule has 11 heteroatoms. The molecule has 1 aliphatic heterocycles. The minimum Gasteiger partial charge on any atom is -0.450 e. The van der Waals surface area contributed by atoms with Crippen molar-refractivity contribution in [3.8, 4) is 0 Å². The highest BCUT2D eigenvalue weighted by Gasteiger charge is 2.25. The maximum absolute atomic E-state index is 12.7. The maximum Gasteiger partial charge on any atom is 0.409 e. The van der Waals surface area contributed by atoms with Gasteiger partial charge in [-0.15, -0.1) is 5.10 Å². The van der Waals surface area contributed by atoms with Crippen LogP contribution in [0.2, 0.25) is 0 Å². The van der Waals surface area contributed by atoms with E-state index in [4.69, 9.17) is 4.74 Å². The first kappa shape index (κ1) is 22.0. The Morgan fingerprint density at radius 2 is 1.78 bits per heavy atom. The number of fused-ring (bicyclic) bond motifs is 1. The third-order valence-corrected chi connectivity index (χ3v) is 6.17. The molecule has 1 fully saturated rings. The Hall–Kier alpha value is -3.21. The molecule has 10 nitrogen and oxygen atoms in total. The Morgan fingerprint density at radius 3 is 2.50 bits per heavy atom. The molecule has 1 aliphatic rings. The van der Waals surface area contributed by atoms with Gasteiger partial charge in [-0.1, -0.05) is 46.8 Å². The van der Waals surface area contributed by atoms with Crippen LogP contribution in [0.25, 0.3) is 11.2 Å². The standard InChI is InChI=1S/C21H25N7O3S/c1-3-31-21(30)27-10-8-26(9-11-27)17(29)13-32-20-18-19(22-14-23-20)28(25-24-18)12-16-6-4-15(2)5-7-16/h4-7,14H,3,8-13H2,1-2H3. The second kappa shape index (κ2) is 9.94. The third-order valence-electron chi connectivity index (χ3n) is 5.21. The second-order valence-corrected chi connectivity index (χ2v) is 8.40. The number of amides is 2. The van der Waals surface area contributed by atoms with E-state index in [2.05, 4.69) is 44.5 Å². The first-order chi connectivity index (χ1) is 15.5. The van der Waals surface area contributed by atoms with E-state index in [9.17, 15) is 9.59 Å². The quantitative estimate of drug-likeness (QED) is 0.410. The Kier molecular flexibility index (Phi) is 6.84. The zero-order valence-corrected chi connectivity index (χ0v) is 18.9. The number of rotatable bonds is 6. The number of piperazine rings is 1. The predicted molar refractivity (Wildman–Crippen MR) is 119 cm³/mol. The van der Waals surface area contributed by atoms with Crippen molar-refractivity contribution in [2.75, 3.05) is 38.5 Å². The predicted octanol–water partition coefficient (Wildman–Crippen LogP) is 1.97. The van der Waals surface area contributed by atoms with Crippen molar-refractivity contribution < 1.29 is 14.3 Å². The summed E-state index contributed by atoms with van der Waals surface area (Å²) in [4.78, 5) is 36.5. The average Bonchev–Trinajstić information content (AvgIpc) is 3.22. The van der Waals surface area contributed by atoms with Gasteiger partial charge in [0.25, 0.3) is 0 Å². The van der Waals surface area contributed by atoms with E-state index in [1.807, 2.05) is 6.92 Å². The lowest BCUT2D eigenvalue weighted by Crippen LogP contribution is -2.51. The van der Waals surface area contributed by atoms with Gasteiger partial charge in [-0.25, -0.2) is 19.4 Å².